The van der Waals surface area contributed by atoms with Crippen LogP contribution in [0, 0.1) is 0 Å². The smallest absolute Gasteiger partial charge is 0.249 e. The summed E-state index contributed by atoms with van der Waals surface area (Å²) in [6.45, 7) is 2.17. The molecular formula is C14H21NO4. The molecule has 19 heavy (non-hydrogen) atoms. The molecule has 1 rings (SSSR count). The Balaban J connectivity index is 2.36. The average molecular weight is 267 g/mol. The van der Waals surface area contributed by atoms with Crippen molar-refractivity contribution in [3.8, 4) is 0 Å². The molecule has 0 radical (unpaired) electrons. The van der Waals surface area contributed by atoms with Gasteiger partial charge in [-0.2, -0.15) is 0 Å². The van der Waals surface area contributed by atoms with E-state index in [9.17, 15) is 4.79 Å². The average Bonchev–Trinajstić information content (AvgIpc) is 2.45. The molecule has 1 aromatic rings. The molecular weight excluding hydrogens is 246 g/mol. The van der Waals surface area contributed by atoms with E-state index in [1.165, 1.54) is 7.11 Å². The molecule has 2 atom stereocenters. The number of ether oxygens (including phenoxy) is 2. The lowest BCUT2D eigenvalue weighted by atomic mass is 10.2. The van der Waals surface area contributed by atoms with E-state index in [1.54, 1.807) is 6.92 Å². The van der Waals surface area contributed by atoms with Crippen LogP contribution in [0.25, 0.3) is 0 Å². The fourth-order valence-electron chi connectivity index (χ4n) is 1.53. The molecule has 0 bridgehead atoms. The van der Waals surface area contributed by atoms with E-state index in [2.05, 4.69) is 5.32 Å². The van der Waals surface area contributed by atoms with Crippen LogP contribution < -0.4 is 5.32 Å². The van der Waals surface area contributed by atoms with Crippen LogP contribution in [0.15, 0.2) is 30.3 Å². The monoisotopic (exact) mass is 267 g/mol. The number of hydrogen-bond donors (Lipinski definition) is 2. The van der Waals surface area contributed by atoms with Crippen LogP contribution in [0.1, 0.15) is 12.5 Å². The van der Waals surface area contributed by atoms with Crippen molar-refractivity contribution in [1.29, 1.82) is 0 Å². The normalized spacial score (nSPS) is 13.8. The maximum absolute atomic E-state index is 11.8. The Morgan fingerprint density at radius 3 is 2.63 bits per heavy atom. The fraction of sp³-hybridized carbons (Fsp3) is 0.500. The van der Waals surface area contributed by atoms with Crippen molar-refractivity contribution in [2.45, 2.75) is 25.7 Å². The number of rotatable bonds is 8. The summed E-state index contributed by atoms with van der Waals surface area (Å²) in [6, 6.07) is 9.24. The molecule has 5 heteroatoms. The van der Waals surface area contributed by atoms with Crippen LogP contribution in [-0.4, -0.2) is 43.5 Å². The van der Waals surface area contributed by atoms with Gasteiger partial charge in [0.1, 0.15) is 6.10 Å². The molecule has 0 aliphatic carbocycles. The molecule has 1 aromatic carbocycles. The Labute approximate surface area is 113 Å². The molecule has 1 amide bonds. The number of carbonyl (C=O) groups excluding carboxylic acids is 1. The van der Waals surface area contributed by atoms with Crippen LogP contribution in [0.5, 0.6) is 0 Å². The van der Waals surface area contributed by atoms with Crippen LogP contribution in [-0.2, 0) is 20.9 Å². The number of aliphatic hydroxyl groups excluding tert-OH is 1. The number of hydrogen-bond acceptors (Lipinski definition) is 4. The van der Waals surface area contributed by atoms with E-state index in [1.807, 2.05) is 30.3 Å². The van der Waals surface area contributed by atoms with Crippen molar-refractivity contribution >= 4 is 5.91 Å². The van der Waals surface area contributed by atoms with Gasteiger partial charge in [-0.05, 0) is 12.5 Å². The molecule has 2 N–H and O–H groups in total. The zero-order valence-electron chi connectivity index (χ0n) is 11.3. The van der Waals surface area contributed by atoms with Gasteiger partial charge in [0.05, 0.1) is 25.9 Å². The molecule has 106 valence electrons. The molecule has 0 aliphatic rings. The topological polar surface area (TPSA) is 67.8 Å². The van der Waals surface area contributed by atoms with Gasteiger partial charge < -0.3 is 19.9 Å². The number of amides is 1. The number of methoxy groups -OCH3 is 1. The summed E-state index contributed by atoms with van der Waals surface area (Å²) in [6.07, 6.45) is -0.578. The van der Waals surface area contributed by atoms with Gasteiger partial charge in [0.15, 0.2) is 0 Å². The van der Waals surface area contributed by atoms with Gasteiger partial charge in [-0.1, -0.05) is 30.3 Å². The number of carbonyl (C=O) groups is 1. The molecule has 2 unspecified atom stereocenters. The van der Waals surface area contributed by atoms with Gasteiger partial charge in [-0.3, -0.25) is 4.79 Å². The van der Waals surface area contributed by atoms with Crippen molar-refractivity contribution < 1.29 is 19.4 Å². The maximum Gasteiger partial charge on any atom is 0.249 e. The number of aliphatic hydroxyl groups is 1. The minimum Gasteiger partial charge on any atom is -0.394 e. The molecule has 0 spiro atoms. The third-order valence-electron chi connectivity index (χ3n) is 2.65. The van der Waals surface area contributed by atoms with Gasteiger partial charge in [0.25, 0.3) is 0 Å². The summed E-state index contributed by atoms with van der Waals surface area (Å²) in [5.41, 5.74) is 1.01. The Morgan fingerprint density at radius 2 is 2.05 bits per heavy atom. The Morgan fingerprint density at radius 1 is 1.37 bits per heavy atom. The third kappa shape index (κ3) is 5.83. The highest BCUT2D eigenvalue weighted by atomic mass is 16.5. The summed E-state index contributed by atoms with van der Waals surface area (Å²) in [5.74, 6) is -0.257. The van der Waals surface area contributed by atoms with Crippen molar-refractivity contribution in [2.24, 2.45) is 0 Å². The summed E-state index contributed by atoms with van der Waals surface area (Å²) < 4.78 is 10.4. The standard InChI is InChI=1S/C14H21NO4/c1-11(14(17)15-13(8-16)10-18-2)19-9-12-6-4-3-5-7-12/h3-7,11,13,16H,8-10H2,1-2H3,(H,15,17). The summed E-state index contributed by atoms with van der Waals surface area (Å²) in [5, 5.41) is 11.7. The summed E-state index contributed by atoms with van der Waals surface area (Å²) in [4.78, 5) is 11.8. The van der Waals surface area contributed by atoms with E-state index < -0.39 is 12.1 Å². The van der Waals surface area contributed by atoms with Crippen LogP contribution in [0.4, 0.5) is 0 Å². The molecule has 5 nitrogen and oxygen atoms in total. The van der Waals surface area contributed by atoms with Crippen LogP contribution >= 0.6 is 0 Å². The van der Waals surface area contributed by atoms with Crippen molar-refractivity contribution in [3.05, 3.63) is 35.9 Å². The maximum atomic E-state index is 11.8. The van der Waals surface area contributed by atoms with Gasteiger partial charge >= 0.3 is 0 Å². The van der Waals surface area contributed by atoms with Gasteiger partial charge in [0, 0.05) is 7.11 Å². The second-order valence-corrected chi connectivity index (χ2v) is 4.28. The van der Waals surface area contributed by atoms with Gasteiger partial charge in [-0.15, -0.1) is 0 Å². The van der Waals surface area contributed by atoms with E-state index in [0.29, 0.717) is 6.61 Å². The SMILES string of the molecule is COCC(CO)NC(=O)C(C)OCc1ccccc1. The highest BCUT2D eigenvalue weighted by Crippen LogP contribution is 2.03. The highest BCUT2D eigenvalue weighted by molar-refractivity contribution is 5.80. The zero-order valence-corrected chi connectivity index (χ0v) is 11.3. The Bertz CT molecular complexity index is 369. The second kappa shape index (κ2) is 8.63. The van der Waals surface area contributed by atoms with Gasteiger partial charge in [-0.25, -0.2) is 0 Å². The molecule has 0 fully saturated rings. The van der Waals surface area contributed by atoms with E-state index in [0.717, 1.165) is 5.56 Å². The Hall–Kier alpha value is -1.43. The fourth-order valence-corrected chi connectivity index (χ4v) is 1.53. The Kier molecular flexibility index (Phi) is 7.10. The molecule has 0 aliphatic heterocycles. The summed E-state index contributed by atoms with van der Waals surface area (Å²) >= 11 is 0. The van der Waals surface area contributed by atoms with Crippen molar-refractivity contribution in [1.82, 2.24) is 5.32 Å². The first-order valence-electron chi connectivity index (χ1n) is 6.23. The van der Waals surface area contributed by atoms with Gasteiger partial charge in [0.2, 0.25) is 5.91 Å². The third-order valence-corrected chi connectivity index (χ3v) is 2.65. The largest absolute Gasteiger partial charge is 0.394 e. The predicted molar refractivity (Wildman–Crippen MR) is 71.6 cm³/mol. The number of nitrogens with one attached hydrogen (secondary N) is 1. The van der Waals surface area contributed by atoms with Crippen molar-refractivity contribution in [3.63, 3.8) is 0 Å². The second-order valence-electron chi connectivity index (χ2n) is 4.28. The lowest BCUT2D eigenvalue weighted by molar-refractivity contribution is -0.134. The first kappa shape index (κ1) is 15.6. The van der Waals surface area contributed by atoms with Crippen LogP contribution in [0.2, 0.25) is 0 Å². The highest BCUT2D eigenvalue weighted by Gasteiger charge is 2.17. The molecule has 0 saturated carbocycles. The molecule has 0 aromatic heterocycles. The molecule has 0 heterocycles. The van der Waals surface area contributed by atoms with Crippen molar-refractivity contribution in [2.75, 3.05) is 20.3 Å². The quantitative estimate of drug-likeness (QED) is 0.728. The van der Waals surface area contributed by atoms with E-state index in [-0.39, 0.29) is 19.1 Å². The van der Waals surface area contributed by atoms with Crippen LogP contribution in [0.3, 0.4) is 0 Å². The first-order chi connectivity index (χ1) is 9.17. The minimum atomic E-state index is -0.578. The summed E-state index contributed by atoms with van der Waals surface area (Å²) in [7, 11) is 1.52. The predicted octanol–water partition coefficient (Wildman–Crippen LogP) is 0.715. The lowest BCUT2D eigenvalue weighted by Gasteiger charge is -2.19. The minimum absolute atomic E-state index is 0.162. The lowest BCUT2D eigenvalue weighted by Crippen LogP contribution is -2.45. The number of benzene rings is 1. The first-order valence-corrected chi connectivity index (χ1v) is 6.23. The zero-order chi connectivity index (χ0) is 14.1. The van der Waals surface area contributed by atoms with E-state index >= 15 is 0 Å². The molecule has 0 saturated heterocycles. The van der Waals surface area contributed by atoms with E-state index in [4.69, 9.17) is 14.6 Å².